The van der Waals surface area contributed by atoms with E-state index in [2.05, 4.69) is 5.32 Å². The van der Waals surface area contributed by atoms with Crippen molar-refractivity contribution in [3.8, 4) is 5.75 Å². The van der Waals surface area contributed by atoms with Crippen molar-refractivity contribution in [1.29, 1.82) is 0 Å². The number of fused-ring (bicyclic) bond motifs is 1. The van der Waals surface area contributed by atoms with Gasteiger partial charge in [0, 0.05) is 31.9 Å². The van der Waals surface area contributed by atoms with Crippen LogP contribution in [0.5, 0.6) is 5.75 Å². The lowest BCUT2D eigenvalue weighted by Crippen LogP contribution is -2.44. The lowest BCUT2D eigenvalue weighted by atomic mass is 10.1. The summed E-state index contributed by atoms with van der Waals surface area (Å²) in [5.41, 5.74) is 0. The average Bonchev–Trinajstić information content (AvgIpc) is 2.62. The Labute approximate surface area is 153 Å². The lowest BCUT2D eigenvalue weighted by molar-refractivity contribution is -0.142. The van der Waals surface area contributed by atoms with Gasteiger partial charge in [-0.1, -0.05) is 36.4 Å². The number of carboxylic acid groups (broad SMARTS) is 1. The molecular weight excluding hydrogens is 332 g/mol. The van der Waals surface area contributed by atoms with E-state index < -0.39 is 12.0 Å². The number of carbonyl (C=O) groups excluding carboxylic acids is 1. The zero-order valence-corrected chi connectivity index (χ0v) is 15.3. The second kappa shape index (κ2) is 9.77. The third-order valence-electron chi connectivity index (χ3n) is 4.27. The highest BCUT2D eigenvalue weighted by Crippen LogP contribution is 2.25. The van der Waals surface area contributed by atoms with E-state index in [-0.39, 0.29) is 5.91 Å². The molecule has 26 heavy (non-hydrogen) atoms. The monoisotopic (exact) mass is 358 g/mol. The van der Waals surface area contributed by atoms with Crippen LogP contribution in [0, 0.1) is 0 Å². The van der Waals surface area contributed by atoms with Crippen LogP contribution in [0.25, 0.3) is 10.8 Å². The van der Waals surface area contributed by atoms with Crippen molar-refractivity contribution in [2.24, 2.45) is 0 Å². The van der Waals surface area contributed by atoms with Gasteiger partial charge in [0.15, 0.2) is 0 Å². The topological polar surface area (TPSA) is 78.9 Å². The molecule has 140 valence electrons. The molecule has 0 saturated heterocycles. The summed E-state index contributed by atoms with van der Waals surface area (Å²) in [6, 6.07) is 13.4. The van der Waals surface area contributed by atoms with Crippen LogP contribution in [0.15, 0.2) is 42.5 Å². The number of amides is 1. The number of hydrogen-bond acceptors (Lipinski definition) is 4. The van der Waals surface area contributed by atoms with Crippen LogP contribution in [-0.2, 0) is 9.59 Å². The minimum absolute atomic E-state index is 0.118. The van der Waals surface area contributed by atoms with Gasteiger partial charge in [-0.3, -0.25) is 14.5 Å². The van der Waals surface area contributed by atoms with E-state index in [0.717, 1.165) is 16.5 Å². The van der Waals surface area contributed by atoms with Gasteiger partial charge in [0.25, 0.3) is 0 Å². The summed E-state index contributed by atoms with van der Waals surface area (Å²) in [5.74, 6) is -0.158. The first kappa shape index (κ1) is 19.7. The standard InChI is InChI=1S/C20H26N2O4/c1-15(20(24)25)22(13-11-21-16(2)23)12-6-14-26-19-10-5-8-17-7-3-4-9-18(17)19/h3-5,7-10,15H,6,11-14H2,1-2H3,(H,21,23)(H,24,25). The number of benzene rings is 2. The van der Waals surface area contributed by atoms with E-state index in [9.17, 15) is 14.7 Å². The summed E-state index contributed by atoms with van der Waals surface area (Å²) < 4.78 is 5.91. The predicted octanol–water partition coefficient (Wildman–Crippen LogP) is 2.52. The predicted molar refractivity (Wildman–Crippen MR) is 101 cm³/mol. The second-order valence-corrected chi connectivity index (χ2v) is 6.21. The molecule has 0 radical (unpaired) electrons. The van der Waals surface area contributed by atoms with Gasteiger partial charge in [-0.05, 0) is 24.8 Å². The number of aliphatic carboxylic acids is 1. The first-order chi connectivity index (χ1) is 12.5. The number of rotatable bonds is 10. The normalized spacial score (nSPS) is 12.1. The second-order valence-electron chi connectivity index (χ2n) is 6.21. The number of nitrogens with one attached hydrogen (secondary N) is 1. The Bertz CT molecular complexity index is 742. The molecule has 2 rings (SSSR count). The summed E-state index contributed by atoms with van der Waals surface area (Å²) in [5, 5.41) is 14.1. The maximum atomic E-state index is 11.3. The van der Waals surface area contributed by atoms with Crippen LogP contribution in [0.2, 0.25) is 0 Å². The molecule has 0 aliphatic heterocycles. The summed E-state index contributed by atoms with van der Waals surface area (Å²) in [6.07, 6.45) is 0.695. The molecule has 1 amide bonds. The summed E-state index contributed by atoms with van der Waals surface area (Å²) in [7, 11) is 0. The van der Waals surface area contributed by atoms with Crippen molar-refractivity contribution in [2.75, 3.05) is 26.2 Å². The van der Waals surface area contributed by atoms with Crippen LogP contribution in [0.4, 0.5) is 0 Å². The molecule has 2 aromatic rings. The minimum Gasteiger partial charge on any atom is -0.493 e. The van der Waals surface area contributed by atoms with Crippen LogP contribution in [0.1, 0.15) is 20.3 Å². The maximum Gasteiger partial charge on any atom is 0.320 e. The molecule has 0 saturated carbocycles. The first-order valence-corrected chi connectivity index (χ1v) is 8.81. The van der Waals surface area contributed by atoms with Crippen LogP contribution >= 0.6 is 0 Å². The molecule has 2 N–H and O–H groups in total. The fourth-order valence-electron chi connectivity index (χ4n) is 2.80. The molecule has 1 atom stereocenters. The van der Waals surface area contributed by atoms with E-state index >= 15 is 0 Å². The van der Waals surface area contributed by atoms with E-state index in [1.54, 1.807) is 6.92 Å². The summed E-state index contributed by atoms with van der Waals surface area (Å²) >= 11 is 0. The zero-order valence-electron chi connectivity index (χ0n) is 15.3. The van der Waals surface area contributed by atoms with Gasteiger partial charge in [0.05, 0.1) is 6.61 Å². The van der Waals surface area contributed by atoms with Crippen molar-refractivity contribution in [3.05, 3.63) is 42.5 Å². The van der Waals surface area contributed by atoms with Gasteiger partial charge in [-0.15, -0.1) is 0 Å². The number of hydrogen-bond donors (Lipinski definition) is 2. The van der Waals surface area contributed by atoms with E-state index in [1.807, 2.05) is 47.4 Å². The molecule has 0 aliphatic rings. The maximum absolute atomic E-state index is 11.3. The van der Waals surface area contributed by atoms with Crippen molar-refractivity contribution in [2.45, 2.75) is 26.3 Å². The van der Waals surface area contributed by atoms with E-state index in [0.29, 0.717) is 32.7 Å². The molecule has 1 unspecified atom stereocenters. The van der Waals surface area contributed by atoms with Crippen LogP contribution in [-0.4, -0.2) is 54.2 Å². The van der Waals surface area contributed by atoms with Gasteiger partial charge in [-0.25, -0.2) is 0 Å². The van der Waals surface area contributed by atoms with E-state index in [1.165, 1.54) is 6.92 Å². The fourth-order valence-corrected chi connectivity index (χ4v) is 2.80. The van der Waals surface area contributed by atoms with E-state index in [4.69, 9.17) is 4.74 Å². The van der Waals surface area contributed by atoms with Gasteiger partial charge in [-0.2, -0.15) is 0 Å². The van der Waals surface area contributed by atoms with Crippen LogP contribution < -0.4 is 10.1 Å². The SMILES string of the molecule is CC(=O)NCCN(CCCOc1cccc2ccccc12)C(C)C(=O)O. The fraction of sp³-hybridized carbons (Fsp3) is 0.400. The Morgan fingerprint density at radius 3 is 2.62 bits per heavy atom. The van der Waals surface area contributed by atoms with Gasteiger partial charge < -0.3 is 15.2 Å². The van der Waals surface area contributed by atoms with Gasteiger partial charge >= 0.3 is 5.97 Å². The quantitative estimate of drug-likeness (QED) is 0.638. The highest BCUT2D eigenvalue weighted by Gasteiger charge is 2.19. The summed E-state index contributed by atoms with van der Waals surface area (Å²) in [4.78, 5) is 24.1. The Kier molecular flexibility index (Phi) is 7.41. The molecule has 0 heterocycles. The Hall–Kier alpha value is -2.60. The molecule has 0 fully saturated rings. The molecule has 2 aromatic carbocycles. The largest absolute Gasteiger partial charge is 0.493 e. The Morgan fingerprint density at radius 1 is 1.15 bits per heavy atom. The third-order valence-corrected chi connectivity index (χ3v) is 4.27. The van der Waals surface area contributed by atoms with Crippen LogP contribution in [0.3, 0.4) is 0 Å². The number of carboxylic acids is 1. The first-order valence-electron chi connectivity index (χ1n) is 8.81. The van der Waals surface area contributed by atoms with Gasteiger partial charge in [0.1, 0.15) is 11.8 Å². The van der Waals surface area contributed by atoms with Crippen molar-refractivity contribution >= 4 is 22.6 Å². The van der Waals surface area contributed by atoms with Gasteiger partial charge in [0.2, 0.25) is 5.91 Å². The minimum atomic E-state index is -0.872. The molecule has 0 bridgehead atoms. The highest BCUT2D eigenvalue weighted by atomic mass is 16.5. The molecule has 6 heteroatoms. The molecule has 0 aromatic heterocycles. The molecule has 0 spiro atoms. The molecule has 0 aliphatic carbocycles. The Morgan fingerprint density at radius 2 is 1.88 bits per heavy atom. The average molecular weight is 358 g/mol. The highest BCUT2D eigenvalue weighted by molar-refractivity contribution is 5.88. The summed E-state index contributed by atoms with van der Waals surface area (Å²) in [6.45, 7) is 5.10. The van der Waals surface area contributed by atoms with Crippen molar-refractivity contribution in [1.82, 2.24) is 10.2 Å². The number of carbonyl (C=O) groups is 2. The number of nitrogens with zero attached hydrogens (tertiary/aromatic N) is 1. The Balaban J connectivity index is 1.87. The van der Waals surface area contributed by atoms with Crippen molar-refractivity contribution in [3.63, 3.8) is 0 Å². The smallest absolute Gasteiger partial charge is 0.320 e. The van der Waals surface area contributed by atoms with Crippen molar-refractivity contribution < 1.29 is 19.4 Å². The third kappa shape index (κ3) is 5.74. The molecular formula is C20H26N2O4. The zero-order chi connectivity index (χ0) is 18.9. The number of ether oxygens (including phenoxy) is 1. The molecule has 6 nitrogen and oxygen atoms in total. The lowest BCUT2D eigenvalue weighted by Gasteiger charge is -2.26.